The van der Waals surface area contributed by atoms with Crippen molar-refractivity contribution in [3.63, 3.8) is 0 Å². The second kappa shape index (κ2) is 8.17. The van der Waals surface area contributed by atoms with E-state index in [1.54, 1.807) is 6.20 Å². The smallest absolute Gasteiger partial charge is 0.287 e. The van der Waals surface area contributed by atoms with E-state index in [1.165, 1.54) is 11.1 Å². The van der Waals surface area contributed by atoms with Gasteiger partial charge in [0.05, 0.1) is 18.4 Å². The van der Waals surface area contributed by atoms with Gasteiger partial charge in [-0.15, -0.1) is 0 Å². The number of rotatable bonds is 8. The molecule has 0 spiro atoms. The van der Waals surface area contributed by atoms with Gasteiger partial charge in [0.15, 0.2) is 0 Å². The van der Waals surface area contributed by atoms with Crippen molar-refractivity contribution < 1.29 is 0 Å². The first-order chi connectivity index (χ1) is 9.06. The number of aromatic nitrogens is 2. The largest absolute Gasteiger partial charge is 0.382 e. The third-order valence-electron chi connectivity index (χ3n) is 2.84. The molecule has 0 amide bonds. The molecular formula is C13H23ClN4O. The van der Waals surface area contributed by atoms with Crippen LogP contribution in [0.3, 0.4) is 0 Å². The maximum Gasteiger partial charge on any atom is 0.287 e. The lowest BCUT2D eigenvalue weighted by Gasteiger charge is -2.12. The van der Waals surface area contributed by atoms with E-state index in [1.807, 2.05) is 19.0 Å². The third kappa shape index (κ3) is 5.20. The van der Waals surface area contributed by atoms with E-state index in [0.717, 1.165) is 25.9 Å². The Balaban J connectivity index is 2.66. The van der Waals surface area contributed by atoms with E-state index in [0.29, 0.717) is 12.2 Å². The number of unbranched alkanes of at least 4 members (excludes halogenated alkanes) is 2. The maximum absolute atomic E-state index is 12.0. The summed E-state index contributed by atoms with van der Waals surface area (Å²) in [4.78, 5) is 14.0. The van der Waals surface area contributed by atoms with E-state index in [4.69, 9.17) is 11.6 Å². The number of halogens is 1. The number of anilines is 1. The predicted octanol–water partition coefficient (Wildman–Crippen LogP) is 2.06. The summed E-state index contributed by atoms with van der Waals surface area (Å²) in [5.74, 6) is 0. The van der Waals surface area contributed by atoms with Gasteiger partial charge in [-0.3, -0.25) is 4.79 Å². The first-order valence-electron chi connectivity index (χ1n) is 6.70. The molecule has 0 saturated carbocycles. The predicted molar refractivity (Wildman–Crippen MR) is 80.1 cm³/mol. The van der Waals surface area contributed by atoms with E-state index in [-0.39, 0.29) is 10.6 Å². The Morgan fingerprint density at radius 1 is 1.42 bits per heavy atom. The van der Waals surface area contributed by atoms with Crippen molar-refractivity contribution in [2.24, 2.45) is 0 Å². The molecule has 1 N–H and O–H groups in total. The highest BCUT2D eigenvalue weighted by atomic mass is 35.5. The molecule has 1 aromatic rings. The zero-order chi connectivity index (χ0) is 14.3. The molecule has 0 fully saturated rings. The first-order valence-corrected chi connectivity index (χ1v) is 7.08. The van der Waals surface area contributed by atoms with Gasteiger partial charge in [0.25, 0.3) is 5.56 Å². The maximum atomic E-state index is 12.0. The molecule has 0 aliphatic carbocycles. The summed E-state index contributed by atoms with van der Waals surface area (Å²) < 4.78 is 1.40. The Morgan fingerprint density at radius 3 is 2.79 bits per heavy atom. The molecule has 0 radical (unpaired) electrons. The molecule has 108 valence electrons. The van der Waals surface area contributed by atoms with Crippen molar-refractivity contribution in [3.05, 3.63) is 21.6 Å². The molecule has 1 heterocycles. The van der Waals surface area contributed by atoms with Crippen molar-refractivity contribution in [2.45, 2.75) is 32.7 Å². The minimum absolute atomic E-state index is 0.227. The van der Waals surface area contributed by atoms with Crippen LogP contribution in [0.2, 0.25) is 5.02 Å². The summed E-state index contributed by atoms with van der Waals surface area (Å²) >= 11 is 6.08. The molecule has 0 unspecified atom stereocenters. The van der Waals surface area contributed by atoms with Crippen LogP contribution >= 0.6 is 11.6 Å². The minimum atomic E-state index is -0.232. The SMILES string of the molecule is CCCCCNc1cnn(CCN(C)C)c(=O)c1Cl. The van der Waals surface area contributed by atoms with Crippen LogP contribution < -0.4 is 10.9 Å². The summed E-state index contributed by atoms with van der Waals surface area (Å²) in [7, 11) is 3.91. The highest BCUT2D eigenvalue weighted by molar-refractivity contribution is 6.32. The van der Waals surface area contributed by atoms with Gasteiger partial charge in [-0.05, 0) is 20.5 Å². The molecule has 1 aromatic heterocycles. The molecule has 0 aliphatic heterocycles. The Labute approximate surface area is 119 Å². The van der Waals surface area contributed by atoms with Crippen LogP contribution in [0.4, 0.5) is 5.69 Å². The molecule has 0 atom stereocenters. The Hall–Kier alpha value is -1.07. The van der Waals surface area contributed by atoms with Gasteiger partial charge in [0, 0.05) is 13.1 Å². The summed E-state index contributed by atoms with van der Waals surface area (Å²) in [6.07, 6.45) is 5.03. The Kier molecular flexibility index (Phi) is 6.87. The van der Waals surface area contributed by atoms with Gasteiger partial charge in [-0.1, -0.05) is 31.4 Å². The fourth-order valence-electron chi connectivity index (χ4n) is 1.64. The minimum Gasteiger partial charge on any atom is -0.382 e. The average Bonchev–Trinajstić information content (AvgIpc) is 2.38. The molecule has 0 bridgehead atoms. The third-order valence-corrected chi connectivity index (χ3v) is 3.20. The van der Waals surface area contributed by atoms with Gasteiger partial charge in [-0.2, -0.15) is 5.10 Å². The zero-order valence-corrected chi connectivity index (χ0v) is 12.7. The Bertz CT molecular complexity index is 445. The summed E-state index contributed by atoms with van der Waals surface area (Å²) in [5.41, 5.74) is 0.396. The van der Waals surface area contributed by atoms with Gasteiger partial charge in [-0.25, -0.2) is 4.68 Å². The molecule has 0 aromatic carbocycles. The Morgan fingerprint density at radius 2 is 2.16 bits per heavy atom. The highest BCUT2D eigenvalue weighted by Gasteiger charge is 2.08. The molecule has 0 saturated heterocycles. The fourth-order valence-corrected chi connectivity index (χ4v) is 1.85. The van der Waals surface area contributed by atoms with Crippen LogP contribution in [0, 0.1) is 0 Å². The van der Waals surface area contributed by atoms with Crippen LogP contribution in [0.25, 0.3) is 0 Å². The highest BCUT2D eigenvalue weighted by Crippen LogP contribution is 2.15. The lowest BCUT2D eigenvalue weighted by Crippen LogP contribution is -2.29. The second-order valence-corrected chi connectivity index (χ2v) is 5.22. The van der Waals surface area contributed by atoms with Crippen LogP contribution in [0.5, 0.6) is 0 Å². The van der Waals surface area contributed by atoms with E-state index in [2.05, 4.69) is 17.3 Å². The van der Waals surface area contributed by atoms with Crippen molar-refractivity contribution in [1.82, 2.24) is 14.7 Å². The standard InChI is InChI=1S/C13H23ClN4O/c1-4-5-6-7-15-11-10-16-18(9-8-17(2)3)13(19)12(11)14/h10,15H,4-9H2,1-3H3. The summed E-state index contributed by atoms with van der Waals surface area (Å²) in [5, 5.41) is 7.53. The van der Waals surface area contributed by atoms with E-state index >= 15 is 0 Å². The summed E-state index contributed by atoms with van der Waals surface area (Å²) in [6.45, 7) is 4.27. The van der Waals surface area contributed by atoms with E-state index < -0.39 is 0 Å². The van der Waals surface area contributed by atoms with Crippen molar-refractivity contribution in [3.8, 4) is 0 Å². The number of likely N-dealkylation sites (N-methyl/N-ethyl adjacent to an activating group) is 1. The number of nitrogens with one attached hydrogen (secondary N) is 1. The zero-order valence-electron chi connectivity index (χ0n) is 11.9. The van der Waals surface area contributed by atoms with Crippen molar-refractivity contribution in [2.75, 3.05) is 32.5 Å². The van der Waals surface area contributed by atoms with Gasteiger partial charge in [0.1, 0.15) is 5.02 Å². The van der Waals surface area contributed by atoms with Crippen LogP contribution in [-0.4, -0.2) is 41.9 Å². The van der Waals surface area contributed by atoms with Crippen molar-refractivity contribution in [1.29, 1.82) is 0 Å². The number of nitrogens with zero attached hydrogens (tertiary/aromatic N) is 3. The lowest BCUT2D eigenvalue weighted by molar-refractivity contribution is 0.367. The molecular weight excluding hydrogens is 264 g/mol. The van der Waals surface area contributed by atoms with Crippen LogP contribution in [-0.2, 0) is 6.54 Å². The monoisotopic (exact) mass is 286 g/mol. The van der Waals surface area contributed by atoms with Gasteiger partial charge in [0.2, 0.25) is 0 Å². The first kappa shape index (κ1) is 16.0. The average molecular weight is 287 g/mol. The summed E-state index contributed by atoms with van der Waals surface area (Å²) in [6, 6.07) is 0. The topological polar surface area (TPSA) is 50.2 Å². The molecule has 5 nitrogen and oxygen atoms in total. The molecule has 19 heavy (non-hydrogen) atoms. The number of hydrogen-bond donors (Lipinski definition) is 1. The van der Waals surface area contributed by atoms with Crippen LogP contribution in [0.1, 0.15) is 26.2 Å². The molecule has 0 aliphatic rings. The van der Waals surface area contributed by atoms with Gasteiger partial charge < -0.3 is 10.2 Å². The van der Waals surface area contributed by atoms with E-state index in [9.17, 15) is 4.79 Å². The molecule has 1 rings (SSSR count). The normalized spacial score (nSPS) is 11.0. The van der Waals surface area contributed by atoms with Crippen LogP contribution in [0.15, 0.2) is 11.0 Å². The van der Waals surface area contributed by atoms with Gasteiger partial charge >= 0.3 is 0 Å². The fraction of sp³-hybridized carbons (Fsp3) is 0.692. The second-order valence-electron chi connectivity index (χ2n) is 4.84. The number of hydrogen-bond acceptors (Lipinski definition) is 4. The molecule has 6 heteroatoms. The quantitative estimate of drug-likeness (QED) is 0.743. The lowest BCUT2D eigenvalue weighted by atomic mass is 10.2. The van der Waals surface area contributed by atoms with Crippen molar-refractivity contribution >= 4 is 17.3 Å².